The summed E-state index contributed by atoms with van der Waals surface area (Å²) in [5.74, 6) is -0.0693. The number of aromatic nitrogens is 2. The molecule has 136 valence electrons. The van der Waals surface area contributed by atoms with E-state index in [1.54, 1.807) is 25.3 Å². The summed E-state index contributed by atoms with van der Waals surface area (Å²) in [7, 11) is 0. The SMILES string of the molecule is Cc1cc(NC(=O)COC(=O)c2cc(C)n(Cc3ccco3)c2C)on1. The van der Waals surface area contributed by atoms with E-state index in [0.29, 0.717) is 17.8 Å². The predicted octanol–water partition coefficient (Wildman–Crippen LogP) is 2.84. The molecule has 3 aromatic rings. The highest BCUT2D eigenvalue weighted by atomic mass is 16.5. The van der Waals surface area contributed by atoms with E-state index in [-0.39, 0.29) is 5.88 Å². The molecule has 0 aliphatic rings. The molecule has 0 aliphatic carbocycles. The van der Waals surface area contributed by atoms with Crippen LogP contribution in [-0.4, -0.2) is 28.2 Å². The van der Waals surface area contributed by atoms with Gasteiger partial charge in [-0.2, -0.15) is 0 Å². The maximum atomic E-state index is 12.3. The number of hydrogen-bond acceptors (Lipinski definition) is 6. The average Bonchev–Trinajstić information content (AvgIpc) is 3.31. The molecule has 0 atom stereocenters. The van der Waals surface area contributed by atoms with E-state index in [4.69, 9.17) is 13.7 Å². The molecule has 1 N–H and O–H groups in total. The van der Waals surface area contributed by atoms with Crippen molar-refractivity contribution in [2.75, 3.05) is 11.9 Å². The van der Waals surface area contributed by atoms with Gasteiger partial charge < -0.3 is 18.2 Å². The first kappa shape index (κ1) is 17.5. The lowest BCUT2D eigenvalue weighted by Gasteiger charge is -2.08. The molecule has 3 heterocycles. The van der Waals surface area contributed by atoms with Crippen LogP contribution >= 0.6 is 0 Å². The average molecular weight is 357 g/mol. The van der Waals surface area contributed by atoms with Crippen molar-refractivity contribution in [2.24, 2.45) is 0 Å². The largest absolute Gasteiger partial charge is 0.467 e. The summed E-state index contributed by atoms with van der Waals surface area (Å²) in [6.07, 6.45) is 1.60. The Kier molecular flexibility index (Phi) is 4.92. The summed E-state index contributed by atoms with van der Waals surface area (Å²) in [6.45, 7) is 5.55. The summed E-state index contributed by atoms with van der Waals surface area (Å²) >= 11 is 0. The third kappa shape index (κ3) is 3.85. The zero-order chi connectivity index (χ0) is 18.7. The lowest BCUT2D eigenvalue weighted by atomic mass is 10.2. The molecule has 3 rings (SSSR count). The molecule has 26 heavy (non-hydrogen) atoms. The number of hydrogen-bond donors (Lipinski definition) is 1. The first-order chi connectivity index (χ1) is 12.4. The molecule has 0 unspecified atom stereocenters. The molecule has 8 nitrogen and oxygen atoms in total. The van der Waals surface area contributed by atoms with Gasteiger partial charge in [0.1, 0.15) is 5.76 Å². The fourth-order valence-corrected chi connectivity index (χ4v) is 2.61. The summed E-state index contributed by atoms with van der Waals surface area (Å²) in [5.41, 5.74) is 2.70. The van der Waals surface area contributed by atoms with Gasteiger partial charge in [0, 0.05) is 17.5 Å². The zero-order valence-corrected chi connectivity index (χ0v) is 14.7. The molecular weight excluding hydrogens is 338 g/mol. The summed E-state index contributed by atoms with van der Waals surface area (Å²) in [5, 5.41) is 6.13. The van der Waals surface area contributed by atoms with Crippen molar-refractivity contribution in [3.63, 3.8) is 0 Å². The maximum absolute atomic E-state index is 12.3. The molecule has 0 saturated carbocycles. The molecule has 0 spiro atoms. The first-order valence-corrected chi connectivity index (χ1v) is 8.03. The molecule has 0 radical (unpaired) electrons. The number of amides is 1. The number of nitrogens with zero attached hydrogens (tertiary/aromatic N) is 2. The Morgan fingerprint density at radius 3 is 2.73 bits per heavy atom. The molecule has 1 amide bonds. The standard InChI is InChI=1S/C18H19N3O5/c1-11-7-17(26-20-11)19-16(22)10-25-18(23)15-8-12(2)21(13(15)3)9-14-5-4-6-24-14/h4-8H,9-10H2,1-3H3,(H,19,22). The van der Waals surface area contributed by atoms with Crippen LogP contribution in [0.25, 0.3) is 0 Å². The second kappa shape index (κ2) is 7.30. The molecule has 0 aliphatic heterocycles. The van der Waals surface area contributed by atoms with Gasteiger partial charge in [-0.3, -0.25) is 10.1 Å². The van der Waals surface area contributed by atoms with Gasteiger partial charge in [0.15, 0.2) is 6.61 Å². The Hall–Kier alpha value is -3.29. The van der Waals surface area contributed by atoms with Gasteiger partial charge in [-0.25, -0.2) is 4.79 Å². The summed E-state index contributed by atoms with van der Waals surface area (Å²) in [6, 6.07) is 6.99. The van der Waals surface area contributed by atoms with Crippen LogP contribution in [0.1, 0.15) is 33.2 Å². The van der Waals surface area contributed by atoms with Crippen LogP contribution in [0.15, 0.2) is 39.5 Å². The van der Waals surface area contributed by atoms with Crippen LogP contribution in [0, 0.1) is 20.8 Å². The fraction of sp³-hybridized carbons (Fsp3) is 0.278. The molecule has 8 heteroatoms. The minimum Gasteiger partial charge on any atom is -0.467 e. The van der Waals surface area contributed by atoms with Gasteiger partial charge in [-0.05, 0) is 39.0 Å². The fourth-order valence-electron chi connectivity index (χ4n) is 2.61. The highest BCUT2D eigenvalue weighted by Crippen LogP contribution is 2.18. The van der Waals surface area contributed by atoms with Crippen molar-refractivity contribution in [3.8, 4) is 0 Å². The van der Waals surface area contributed by atoms with E-state index >= 15 is 0 Å². The van der Waals surface area contributed by atoms with Gasteiger partial charge in [0.05, 0.1) is 24.1 Å². The van der Waals surface area contributed by atoms with Crippen LogP contribution in [-0.2, 0) is 16.1 Å². The normalized spacial score (nSPS) is 10.7. The van der Waals surface area contributed by atoms with E-state index in [9.17, 15) is 9.59 Å². The Bertz CT molecular complexity index is 921. The lowest BCUT2D eigenvalue weighted by Crippen LogP contribution is -2.21. The minimum absolute atomic E-state index is 0.208. The predicted molar refractivity (Wildman–Crippen MR) is 91.9 cm³/mol. The second-order valence-corrected chi connectivity index (χ2v) is 5.91. The Morgan fingerprint density at radius 2 is 2.08 bits per heavy atom. The Labute approximate surface area is 149 Å². The molecule has 0 fully saturated rings. The number of aryl methyl sites for hydroxylation is 2. The number of carbonyl (C=O) groups is 2. The van der Waals surface area contributed by atoms with E-state index in [1.807, 2.05) is 30.5 Å². The highest BCUT2D eigenvalue weighted by Gasteiger charge is 2.19. The second-order valence-electron chi connectivity index (χ2n) is 5.91. The number of rotatable bonds is 6. The van der Waals surface area contributed by atoms with Crippen LogP contribution in [0.5, 0.6) is 0 Å². The molecule has 0 saturated heterocycles. The third-order valence-electron chi connectivity index (χ3n) is 3.91. The summed E-state index contributed by atoms with van der Waals surface area (Å²) < 4.78 is 17.3. The highest BCUT2D eigenvalue weighted by molar-refractivity contribution is 5.95. The minimum atomic E-state index is -0.562. The van der Waals surface area contributed by atoms with Crippen molar-refractivity contribution >= 4 is 17.8 Å². The lowest BCUT2D eigenvalue weighted by molar-refractivity contribution is -0.119. The number of nitrogens with one attached hydrogen (secondary N) is 1. The molecule has 3 aromatic heterocycles. The van der Waals surface area contributed by atoms with Crippen LogP contribution in [0.3, 0.4) is 0 Å². The third-order valence-corrected chi connectivity index (χ3v) is 3.91. The summed E-state index contributed by atoms with van der Waals surface area (Å²) in [4.78, 5) is 24.2. The van der Waals surface area contributed by atoms with Crippen LogP contribution in [0.2, 0.25) is 0 Å². The first-order valence-electron chi connectivity index (χ1n) is 8.03. The van der Waals surface area contributed by atoms with Gasteiger partial charge in [-0.1, -0.05) is 5.16 Å². The van der Waals surface area contributed by atoms with E-state index < -0.39 is 18.5 Å². The molecular formula is C18H19N3O5. The molecule has 0 bridgehead atoms. The van der Waals surface area contributed by atoms with Crippen molar-refractivity contribution < 1.29 is 23.3 Å². The van der Waals surface area contributed by atoms with Crippen molar-refractivity contribution in [3.05, 3.63) is 58.9 Å². The number of anilines is 1. The van der Waals surface area contributed by atoms with E-state index in [0.717, 1.165) is 17.1 Å². The van der Waals surface area contributed by atoms with Crippen LogP contribution in [0.4, 0.5) is 5.88 Å². The van der Waals surface area contributed by atoms with Gasteiger partial charge >= 0.3 is 5.97 Å². The Balaban J connectivity index is 1.61. The Morgan fingerprint density at radius 1 is 1.27 bits per heavy atom. The smallest absolute Gasteiger partial charge is 0.340 e. The molecule has 0 aromatic carbocycles. The van der Waals surface area contributed by atoms with Crippen molar-refractivity contribution in [2.45, 2.75) is 27.3 Å². The quantitative estimate of drug-likeness (QED) is 0.681. The van der Waals surface area contributed by atoms with Gasteiger partial charge in [0.25, 0.3) is 5.91 Å². The number of carbonyl (C=O) groups excluding carboxylic acids is 2. The van der Waals surface area contributed by atoms with Gasteiger partial charge in [0.2, 0.25) is 5.88 Å². The van der Waals surface area contributed by atoms with Gasteiger partial charge in [-0.15, -0.1) is 0 Å². The monoisotopic (exact) mass is 357 g/mol. The topological polar surface area (TPSA) is 99.5 Å². The van der Waals surface area contributed by atoms with E-state index in [2.05, 4.69) is 10.5 Å². The van der Waals surface area contributed by atoms with Crippen LogP contribution < -0.4 is 5.32 Å². The maximum Gasteiger partial charge on any atom is 0.340 e. The number of furan rings is 1. The van der Waals surface area contributed by atoms with Crippen molar-refractivity contribution in [1.29, 1.82) is 0 Å². The zero-order valence-electron chi connectivity index (χ0n) is 14.7. The number of esters is 1. The number of ether oxygens (including phenoxy) is 1. The van der Waals surface area contributed by atoms with Crippen molar-refractivity contribution in [1.82, 2.24) is 9.72 Å². The van der Waals surface area contributed by atoms with E-state index in [1.165, 1.54) is 0 Å².